The number of nitrogen functional groups attached to an aromatic ring is 1. The fraction of sp³-hybridized carbons (Fsp3) is 0.556. The monoisotopic (exact) mass is 367 g/mol. The van der Waals surface area contributed by atoms with Gasteiger partial charge in [-0.2, -0.15) is 0 Å². The van der Waals surface area contributed by atoms with Crippen molar-refractivity contribution < 1.29 is 14.3 Å². The van der Waals surface area contributed by atoms with Gasteiger partial charge in [-0.3, -0.25) is 9.59 Å². The summed E-state index contributed by atoms with van der Waals surface area (Å²) in [5.74, 6) is -0.0310. The molecule has 1 aromatic carbocycles. The van der Waals surface area contributed by atoms with Gasteiger partial charge in [-0.25, -0.2) is 0 Å². The van der Waals surface area contributed by atoms with E-state index in [1.165, 1.54) is 5.56 Å². The quantitative estimate of drug-likeness (QED) is 0.795. The minimum Gasteiger partial charge on any atom is -0.399 e. The molecule has 1 aliphatic carbocycles. The lowest BCUT2D eigenvalue weighted by Crippen LogP contribution is -2.41. The lowest BCUT2D eigenvalue weighted by Gasteiger charge is -2.28. The van der Waals surface area contributed by atoms with Gasteiger partial charge in [-0.1, -0.05) is 6.07 Å². The summed E-state index contributed by atoms with van der Waals surface area (Å²) in [6.45, 7) is 2.41. The number of anilines is 1. The van der Waals surface area contributed by atoms with Crippen LogP contribution in [0.25, 0.3) is 0 Å². The molecule has 25 heavy (non-hydrogen) atoms. The third-order valence-electron chi connectivity index (χ3n) is 4.75. The number of nitrogens with zero attached hydrogens (tertiary/aromatic N) is 1. The molecule has 1 fully saturated rings. The van der Waals surface area contributed by atoms with Crippen LogP contribution in [0.5, 0.6) is 0 Å². The number of fused-ring (bicyclic) bond motifs is 1. The number of ether oxygens (including phenoxy) is 1. The number of nitrogens with one attached hydrogen (secondary N) is 1. The summed E-state index contributed by atoms with van der Waals surface area (Å²) in [5, 5.41) is 3.08. The van der Waals surface area contributed by atoms with Gasteiger partial charge in [0.2, 0.25) is 11.8 Å². The first kappa shape index (κ1) is 19.5. The standard InChI is InChI=1S/C18H25N3O3.ClH/c19-14-4-5-15-13(12-14)2-1-3-16(15)20-17(22)6-7-18(23)21-8-10-24-11-9-21;/h4-5,12,16H,1-3,6-11,19H2,(H,20,22);1H. The Morgan fingerprint density at radius 2 is 2.00 bits per heavy atom. The lowest BCUT2D eigenvalue weighted by atomic mass is 9.87. The van der Waals surface area contributed by atoms with Crippen molar-refractivity contribution in [1.82, 2.24) is 10.2 Å². The smallest absolute Gasteiger partial charge is 0.223 e. The zero-order valence-corrected chi connectivity index (χ0v) is 15.1. The third-order valence-corrected chi connectivity index (χ3v) is 4.75. The maximum absolute atomic E-state index is 12.2. The van der Waals surface area contributed by atoms with E-state index in [-0.39, 0.29) is 43.1 Å². The number of carbonyl (C=O) groups excluding carboxylic acids is 2. The molecule has 2 aliphatic rings. The summed E-state index contributed by atoms with van der Waals surface area (Å²) in [6, 6.07) is 5.91. The van der Waals surface area contributed by atoms with Crippen LogP contribution >= 0.6 is 12.4 Å². The van der Waals surface area contributed by atoms with Crippen molar-refractivity contribution in [2.75, 3.05) is 32.0 Å². The molecule has 138 valence electrons. The van der Waals surface area contributed by atoms with Crippen molar-refractivity contribution in [3.8, 4) is 0 Å². The van der Waals surface area contributed by atoms with Gasteiger partial charge >= 0.3 is 0 Å². The van der Waals surface area contributed by atoms with E-state index in [4.69, 9.17) is 10.5 Å². The molecule has 2 amide bonds. The average molecular weight is 368 g/mol. The van der Waals surface area contributed by atoms with Gasteiger partial charge in [0, 0.05) is 31.6 Å². The Morgan fingerprint density at radius 3 is 2.76 bits per heavy atom. The molecule has 1 aromatic rings. The number of halogens is 1. The first-order chi connectivity index (χ1) is 11.6. The largest absolute Gasteiger partial charge is 0.399 e. The summed E-state index contributed by atoms with van der Waals surface area (Å²) in [4.78, 5) is 26.1. The topological polar surface area (TPSA) is 84.7 Å². The highest BCUT2D eigenvalue weighted by atomic mass is 35.5. The molecule has 0 bridgehead atoms. The minimum absolute atomic E-state index is 0. The molecule has 0 spiro atoms. The molecule has 3 rings (SSSR count). The van der Waals surface area contributed by atoms with Gasteiger partial charge in [-0.05, 0) is 42.5 Å². The molecular weight excluding hydrogens is 342 g/mol. The number of amides is 2. The van der Waals surface area contributed by atoms with Crippen LogP contribution in [0.2, 0.25) is 0 Å². The van der Waals surface area contributed by atoms with Crippen LogP contribution in [-0.2, 0) is 20.7 Å². The van der Waals surface area contributed by atoms with Crippen LogP contribution in [0, 0.1) is 0 Å². The Hall–Kier alpha value is -1.79. The normalized spacial score (nSPS) is 19.5. The molecule has 0 aromatic heterocycles. The Labute approximate surface area is 154 Å². The van der Waals surface area contributed by atoms with Gasteiger partial charge in [0.25, 0.3) is 0 Å². The average Bonchev–Trinajstić information content (AvgIpc) is 2.60. The minimum atomic E-state index is -0.0636. The van der Waals surface area contributed by atoms with Crippen molar-refractivity contribution in [2.24, 2.45) is 0 Å². The molecule has 0 radical (unpaired) electrons. The third kappa shape index (κ3) is 5.09. The highest BCUT2D eigenvalue weighted by Crippen LogP contribution is 2.31. The van der Waals surface area contributed by atoms with Crippen LogP contribution in [-0.4, -0.2) is 43.0 Å². The highest BCUT2D eigenvalue weighted by Gasteiger charge is 2.23. The first-order valence-electron chi connectivity index (χ1n) is 8.66. The lowest BCUT2D eigenvalue weighted by molar-refractivity contribution is -0.137. The highest BCUT2D eigenvalue weighted by molar-refractivity contribution is 5.85. The van der Waals surface area contributed by atoms with Crippen LogP contribution in [0.3, 0.4) is 0 Å². The summed E-state index contributed by atoms with van der Waals surface area (Å²) in [7, 11) is 0. The van der Waals surface area contributed by atoms with E-state index in [9.17, 15) is 9.59 Å². The Kier molecular flexibility index (Phi) is 7.08. The molecule has 1 heterocycles. The fourth-order valence-electron chi connectivity index (χ4n) is 3.44. The second kappa shape index (κ2) is 9.06. The van der Waals surface area contributed by atoms with Crippen molar-refractivity contribution in [2.45, 2.75) is 38.1 Å². The predicted octanol–water partition coefficient (Wildman–Crippen LogP) is 1.82. The number of carbonyl (C=O) groups is 2. The summed E-state index contributed by atoms with van der Waals surface area (Å²) >= 11 is 0. The number of hydrogen-bond acceptors (Lipinski definition) is 4. The van der Waals surface area contributed by atoms with Crippen molar-refractivity contribution >= 4 is 29.9 Å². The first-order valence-corrected chi connectivity index (χ1v) is 8.66. The zero-order valence-electron chi connectivity index (χ0n) is 14.3. The molecule has 1 saturated heterocycles. The number of hydrogen-bond donors (Lipinski definition) is 2. The van der Waals surface area contributed by atoms with E-state index in [2.05, 4.69) is 5.32 Å². The second-order valence-electron chi connectivity index (χ2n) is 6.46. The SMILES string of the molecule is Cl.Nc1ccc2c(c1)CCCC2NC(=O)CCC(=O)N1CCOCC1. The summed E-state index contributed by atoms with van der Waals surface area (Å²) in [6.07, 6.45) is 3.46. The van der Waals surface area contributed by atoms with Crippen LogP contribution in [0.15, 0.2) is 18.2 Å². The molecule has 1 atom stereocenters. The van der Waals surface area contributed by atoms with Crippen LogP contribution in [0.1, 0.15) is 42.9 Å². The van der Waals surface area contributed by atoms with Crippen molar-refractivity contribution in [3.05, 3.63) is 29.3 Å². The summed E-state index contributed by atoms with van der Waals surface area (Å²) < 4.78 is 5.24. The Morgan fingerprint density at radius 1 is 1.24 bits per heavy atom. The molecule has 1 aliphatic heterocycles. The molecule has 3 N–H and O–H groups in total. The maximum atomic E-state index is 12.2. The number of rotatable bonds is 4. The number of benzene rings is 1. The van der Waals surface area contributed by atoms with E-state index in [0.717, 1.165) is 30.5 Å². The molecular formula is C18H26ClN3O3. The Balaban J connectivity index is 0.00000225. The van der Waals surface area contributed by atoms with E-state index in [1.807, 2.05) is 18.2 Å². The van der Waals surface area contributed by atoms with Crippen molar-refractivity contribution in [3.63, 3.8) is 0 Å². The van der Waals surface area contributed by atoms with Crippen LogP contribution < -0.4 is 11.1 Å². The van der Waals surface area contributed by atoms with E-state index >= 15 is 0 Å². The van der Waals surface area contributed by atoms with Gasteiger partial charge in [0.1, 0.15) is 0 Å². The number of morpholine rings is 1. The molecule has 1 unspecified atom stereocenters. The van der Waals surface area contributed by atoms with Gasteiger partial charge < -0.3 is 20.7 Å². The summed E-state index contributed by atoms with van der Waals surface area (Å²) in [5.41, 5.74) is 8.98. The van der Waals surface area contributed by atoms with Crippen molar-refractivity contribution in [1.29, 1.82) is 0 Å². The van der Waals surface area contributed by atoms with Crippen LogP contribution in [0.4, 0.5) is 5.69 Å². The molecule has 7 heteroatoms. The number of aryl methyl sites for hydroxylation is 1. The van der Waals surface area contributed by atoms with Gasteiger partial charge in [-0.15, -0.1) is 12.4 Å². The van der Waals surface area contributed by atoms with Gasteiger partial charge in [0.05, 0.1) is 19.3 Å². The predicted molar refractivity (Wildman–Crippen MR) is 98.6 cm³/mol. The van der Waals surface area contributed by atoms with Gasteiger partial charge in [0.15, 0.2) is 0 Å². The maximum Gasteiger partial charge on any atom is 0.223 e. The number of nitrogens with two attached hydrogens (primary N) is 1. The molecule has 0 saturated carbocycles. The van der Waals surface area contributed by atoms with E-state index < -0.39 is 0 Å². The molecule has 6 nitrogen and oxygen atoms in total. The fourth-order valence-corrected chi connectivity index (χ4v) is 3.44. The second-order valence-corrected chi connectivity index (χ2v) is 6.46. The van der Waals surface area contributed by atoms with E-state index in [0.29, 0.717) is 26.3 Å². The zero-order chi connectivity index (χ0) is 16.9. The Bertz CT molecular complexity index is 618. The van der Waals surface area contributed by atoms with E-state index in [1.54, 1.807) is 4.90 Å².